The highest BCUT2D eigenvalue weighted by Gasteiger charge is 2.29. The van der Waals surface area contributed by atoms with Crippen molar-refractivity contribution in [3.05, 3.63) is 40.3 Å². The Morgan fingerprint density at radius 2 is 1.88 bits per heavy atom. The number of benzene rings is 1. The lowest BCUT2D eigenvalue weighted by Gasteiger charge is -2.31. The third kappa shape index (κ3) is 6.66. The van der Waals surface area contributed by atoms with Crippen molar-refractivity contribution in [2.75, 3.05) is 26.2 Å². The van der Waals surface area contributed by atoms with E-state index in [2.05, 4.69) is 15.9 Å². The Labute approximate surface area is 233 Å². The number of carbonyl (C=O) groups excluding carboxylic acids is 2. The molecule has 1 aromatic carbocycles. The van der Waals surface area contributed by atoms with Gasteiger partial charge >= 0.3 is 12.1 Å². The molecule has 3 aromatic rings. The Morgan fingerprint density at radius 3 is 2.48 bits per heavy atom. The van der Waals surface area contributed by atoms with Crippen LogP contribution in [0.3, 0.4) is 0 Å². The first-order chi connectivity index (χ1) is 18.7. The first kappa shape index (κ1) is 30.7. The fourth-order valence-electron chi connectivity index (χ4n) is 4.14. The van der Waals surface area contributed by atoms with E-state index in [9.17, 15) is 22.8 Å². The third-order valence-corrected chi connectivity index (χ3v) is 7.86. The number of esters is 1. The van der Waals surface area contributed by atoms with Gasteiger partial charge in [0.1, 0.15) is 11.1 Å². The van der Waals surface area contributed by atoms with Crippen LogP contribution in [0.2, 0.25) is 0 Å². The number of carbonyl (C=O) groups is 2. The topological polar surface area (TPSA) is 142 Å². The van der Waals surface area contributed by atoms with Gasteiger partial charge in [0, 0.05) is 41.6 Å². The van der Waals surface area contributed by atoms with Crippen LogP contribution in [0.25, 0.3) is 21.8 Å². The second-order valence-corrected chi connectivity index (χ2v) is 12.5. The van der Waals surface area contributed by atoms with Gasteiger partial charge in [-0.2, -0.15) is 4.31 Å². The number of hydrogen-bond donors (Lipinski definition) is 2. The van der Waals surface area contributed by atoms with Gasteiger partial charge in [0.2, 0.25) is 10.0 Å². The van der Waals surface area contributed by atoms with Crippen LogP contribution >= 0.6 is 0 Å². The molecule has 216 valence electrons. The maximum atomic E-state index is 13.8. The highest BCUT2D eigenvalue weighted by molar-refractivity contribution is 7.89. The number of amides is 1. The number of H-pyrrole nitrogens is 2. The lowest BCUT2D eigenvalue weighted by molar-refractivity contribution is 0.0184. The Hall–Kier alpha value is -3.82. The van der Waals surface area contributed by atoms with Gasteiger partial charge in [-0.05, 0) is 59.2 Å². The smallest absolute Gasteiger partial charge is 0.410 e. The molecule has 0 spiro atoms. The zero-order valence-corrected chi connectivity index (χ0v) is 24.5. The monoisotopic (exact) mass is 572 g/mol. The summed E-state index contributed by atoms with van der Waals surface area (Å²) in [6.07, 6.45) is 6.95. The molecule has 0 fully saturated rings. The minimum absolute atomic E-state index is 0.0455. The number of ether oxygens (including phenoxy) is 2. The lowest BCUT2D eigenvalue weighted by Crippen LogP contribution is -2.46. The molecular weight excluding hydrogens is 536 g/mol. The molecule has 0 aliphatic carbocycles. The predicted molar refractivity (Wildman–Crippen MR) is 153 cm³/mol. The first-order valence-corrected chi connectivity index (χ1v) is 14.4. The largest absolute Gasteiger partial charge is 0.462 e. The first-order valence-electron chi connectivity index (χ1n) is 13.0. The average Bonchev–Trinajstić information content (AvgIpc) is 3.31. The number of sulfonamides is 1. The molecule has 11 nitrogen and oxygen atoms in total. The van der Waals surface area contributed by atoms with Crippen molar-refractivity contribution in [3.8, 4) is 12.3 Å². The van der Waals surface area contributed by atoms with Crippen LogP contribution in [-0.2, 0) is 19.5 Å². The number of pyridine rings is 1. The van der Waals surface area contributed by atoms with Gasteiger partial charge in [0.25, 0.3) is 5.56 Å². The van der Waals surface area contributed by atoms with E-state index < -0.39 is 33.2 Å². The molecule has 0 aliphatic rings. The molecule has 0 bridgehead atoms. The molecule has 0 unspecified atom stereocenters. The molecule has 3 rings (SSSR count). The average molecular weight is 573 g/mol. The van der Waals surface area contributed by atoms with E-state index in [1.165, 1.54) is 29.3 Å². The summed E-state index contributed by atoms with van der Waals surface area (Å²) in [6.45, 7) is 10.6. The number of nitrogens with one attached hydrogen (secondary N) is 2. The minimum atomic E-state index is -4.15. The van der Waals surface area contributed by atoms with Gasteiger partial charge in [0.15, 0.2) is 0 Å². The van der Waals surface area contributed by atoms with Crippen LogP contribution in [-0.4, -0.2) is 77.5 Å². The van der Waals surface area contributed by atoms with Gasteiger partial charge < -0.3 is 24.3 Å². The SMILES string of the molecule is C#CCN(CCN(C(=O)OC(C)(C)C)C(C)C)S(=O)(=O)c1ccc2[nH]c(=O)c3[nH]cc(C(=O)OCCC)c3c2c1. The highest BCUT2D eigenvalue weighted by Crippen LogP contribution is 2.28. The number of terminal acetylenes is 1. The fraction of sp³-hybridized carbons (Fsp3) is 0.464. The molecule has 2 N–H and O–H groups in total. The van der Waals surface area contributed by atoms with Crippen molar-refractivity contribution in [3.63, 3.8) is 0 Å². The Kier molecular flexibility index (Phi) is 9.32. The maximum absolute atomic E-state index is 13.8. The summed E-state index contributed by atoms with van der Waals surface area (Å²) in [7, 11) is -4.15. The number of nitrogens with zero attached hydrogens (tertiary/aromatic N) is 2. The molecule has 0 radical (unpaired) electrons. The fourth-order valence-corrected chi connectivity index (χ4v) is 5.51. The standard InChI is InChI=1S/C28H36N4O7S/c1-8-12-31(13-14-32(18(3)4)27(35)39-28(5,6)7)40(36,37)19-10-11-22-20(16-19)23-21(26(34)38-15-9-2)17-29-24(23)25(33)30-22/h1,10-11,16-18,29H,9,12-15H2,2-7H3,(H,30,33). The van der Waals surface area contributed by atoms with Crippen molar-refractivity contribution in [1.29, 1.82) is 0 Å². The highest BCUT2D eigenvalue weighted by atomic mass is 32.2. The van der Waals surface area contributed by atoms with Crippen molar-refractivity contribution < 1.29 is 27.5 Å². The quantitative estimate of drug-likeness (QED) is 0.278. The molecule has 0 aliphatic heterocycles. The molecule has 0 saturated heterocycles. The van der Waals surface area contributed by atoms with Gasteiger partial charge in [-0.3, -0.25) is 4.79 Å². The van der Waals surface area contributed by atoms with Crippen molar-refractivity contribution >= 4 is 43.9 Å². The molecule has 2 heterocycles. The van der Waals surface area contributed by atoms with Crippen molar-refractivity contribution in [1.82, 2.24) is 19.2 Å². The Bertz CT molecular complexity index is 1610. The second kappa shape index (κ2) is 12.1. The maximum Gasteiger partial charge on any atom is 0.410 e. The van der Waals surface area contributed by atoms with Gasteiger partial charge in [-0.1, -0.05) is 12.8 Å². The Morgan fingerprint density at radius 1 is 1.18 bits per heavy atom. The third-order valence-electron chi connectivity index (χ3n) is 6.02. The van der Waals surface area contributed by atoms with Crippen molar-refractivity contribution in [2.45, 2.75) is 64.5 Å². The van der Waals surface area contributed by atoms with Crippen LogP contribution in [0.15, 0.2) is 34.1 Å². The van der Waals surface area contributed by atoms with E-state index in [0.717, 1.165) is 4.31 Å². The van der Waals surface area contributed by atoms with E-state index in [0.29, 0.717) is 17.3 Å². The molecule has 1 amide bonds. The van der Waals surface area contributed by atoms with Crippen LogP contribution in [0, 0.1) is 12.3 Å². The van der Waals surface area contributed by atoms with Gasteiger partial charge in [0.05, 0.1) is 23.6 Å². The van der Waals surface area contributed by atoms with E-state index in [-0.39, 0.29) is 53.6 Å². The summed E-state index contributed by atoms with van der Waals surface area (Å²) in [5, 5.41) is 0.606. The number of fused-ring (bicyclic) bond motifs is 3. The summed E-state index contributed by atoms with van der Waals surface area (Å²) in [4.78, 5) is 44.9. The molecule has 2 aromatic heterocycles. The number of aromatic amines is 2. The van der Waals surface area contributed by atoms with E-state index in [4.69, 9.17) is 15.9 Å². The molecule has 0 atom stereocenters. The van der Waals surface area contributed by atoms with Crippen LogP contribution in [0.4, 0.5) is 4.79 Å². The van der Waals surface area contributed by atoms with Crippen molar-refractivity contribution in [2.24, 2.45) is 0 Å². The number of rotatable bonds is 10. The van der Waals surface area contributed by atoms with E-state index >= 15 is 0 Å². The summed E-state index contributed by atoms with van der Waals surface area (Å²) < 4.78 is 39.4. The lowest BCUT2D eigenvalue weighted by atomic mass is 10.1. The second-order valence-electron chi connectivity index (χ2n) is 10.6. The summed E-state index contributed by atoms with van der Waals surface area (Å²) >= 11 is 0. The molecule has 12 heteroatoms. The molecule has 0 saturated carbocycles. The van der Waals surface area contributed by atoms with Crippen LogP contribution in [0.1, 0.15) is 58.3 Å². The molecular formula is C28H36N4O7S. The Balaban J connectivity index is 2.03. The van der Waals surface area contributed by atoms with E-state index in [1.54, 1.807) is 34.6 Å². The zero-order chi connectivity index (χ0) is 29.8. The number of aromatic nitrogens is 2. The number of hydrogen-bond acceptors (Lipinski definition) is 7. The van der Waals surface area contributed by atoms with Gasteiger partial charge in [-0.15, -0.1) is 6.42 Å². The van der Waals surface area contributed by atoms with E-state index in [1.807, 2.05) is 6.92 Å². The summed E-state index contributed by atoms with van der Waals surface area (Å²) in [5.74, 6) is 1.75. The normalized spacial score (nSPS) is 12.2. The van der Waals surface area contributed by atoms with Crippen LogP contribution in [0.5, 0.6) is 0 Å². The zero-order valence-electron chi connectivity index (χ0n) is 23.7. The van der Waals surface area contributed by atoms with Crippen LogP contribution < -0.4 is 5.56 Å². The summed E-state index contributed by atoms with van der Waals surface area (Å²) in [5.41, 5.74) is -0.584. The predicted octanol–water partition coefficient (Wildman–Crippen LogP) is 3.85. The molecule has 40 heavy (non-hydrogen) atoms. The summed E-state index contributed by atoms with van der Waals surface area (Å²) in [6, 6.07) is 3.96. The van der Waals surface area contributed by atoms with Gasteiger partial charge in [-0.25, -0.2) is 18.0 Å². The minimum Gasteiger partial charge on any atom is -0.462 e.